The van der Waals surface area contributed by atoms with E-state index in [1.165, 1.54) is 11.1 Å². The van der Waals surface area contributed by atoms with Crippen molar-refractivity contribution in [2.45, 2.75) is 26.7 Å². The highest BCUT2D eigenvalue weighted by atomic mass is 16.2. The number of carbonyl (C=O) groups excluding carboxylic acids is 1. The Labute approximate surface area is 131 Å². The number of rotatable bonds is 3. The van der Waals surface area contributed by atoms with Gasteiger partial charge in [-0.15, -0.1) is 0 Å². The first kappa shape index (κ1) is 14.5. The van der Waals surface area contributed by atoms with Gasteiger partial charge in [0.1, 0.15) is 0 Å². The number of aromatic nitrogens is 2. The molecule has 3 rings (SSSR count). The van der Waals surface area contributed by atoms with Crippen molar-refractivity contribution in [2.24, 2.45) is 5.92 Å². The lowest BCUT2D eigenvalue weighted by Gasteiger charge is -2.08. The second-order valence-electron chi connectivity index (χ2n) is 5.96. The molecule has 0 spiro atoms. The first-order valence-corrected chi connectivity index (χ1v) is 7.56. The maximum Gasteiger partial charge on any atom is 0.271 e. The third-order valence-corrected chi connectivity index (χ3v) is 4.30. The molecule has 1 aromatic heterocycles. The van der Waals surface area contributed by atoms with Crippen LogP contribution in [0.5, 0.6) is 0 Å². The van der Waals surface area contributed by atoms with Crippen LogP contribution in [0.4, 0.5) is 0 Å². The molecule has 1 unspecified atom stereocenters. The Balaban J connectivity index is 1.85. The van der Waals surface area contributed by atoms with Gasteiger partial charge in [-0.2, -0.15) is 5.10 Å². The minimum absolute atomic E-state index is 0.0874. The topological polar surface area (TPSA) is 34.9 Å². The Bertz CT molecular complexity index is 753. The minimum atomic E-state index is -0.0874. The molecule has 1 aromatic carbocycles. The number of allylic oxidation sites excluding steroid dienone is 2. The highest BCUT2D eigenvalue weighted by molar-refractivity contribution is 5.93. The zero-order chi connectivity index (χ0) is 15.7. The fourth-order valence-electron chi connectivity index (χ4n) is 2.97. The van der Waals surface area contributed by atoms with E-state index in [1.807, 2.05) is 43.3 Å². The SMILES string of the molecule is C=C(C)C1Cc2c(C)nn(C(=O)/C=C/c3ccccc3)c2C1. The predicted octanol–water partition coefficient (Wildman–Crippen LogP) is 3.84. The van der Waals surface area contributed by atoms with Crippen molar-refractivity contribution in [1.29, 1.82) is 0 Å². The number of nitrogens with zero attached hydrogens (tertiary/aromatic N) is 2. The van der Waals surface area contributed by atoms with Crippen molar-refractivity contribution >= 4 is 12.0 Å². The summed E-state index contributed by atoms with van der Waals surface area (Å²) in [5, 5.41) is 4.42. The van der Waals surface area contributed by atoms with Crippen LogP contribution >= 0.6 is 0 Å². The van der Waals surface area contributed by atoms with E-state index in [4.69, 9.17) is 0 Å². The first-order valence-electron chi connectivity index (χ1n) is 7.56. The van der Waals surface area contributed by atoms with Gasteiger partial charge in [0.15, 0.2) is 0 Å². The molecule has 3 heteroatoms. The van der Waals surface area contributed by atoms with Gasteiger partial charge in [-0.3, -0.25) is 4.79 Å². The van der Waals surface area contributed by atoms with E-state index in [9.17, 15) is 4.79 Å². The molecule has 0 radical (unpaired) electrons. The third-order valence-electron chi connectivity index (χ3n) is 4.30. The smallest absolute Gasteiger partial charge is 0.267 e. The van der Waals surface area contributed by atoms with Crippen molar-refractivity contribution in [2.75, 3.05) is 0 Å². The van der Waals surface area contributed by atoms with Gasteiger partial charge in [0, 0.05) is 6.08 Å². The van der Waals surface area contributed by atoms with E-state index >= 15 is 0 Å². The predicted molar refractivity (Wildman–Crippen MR) is 88.8 cm³/mol. The summed E-state index contributed by atoms with van der Waals surface area (Å²) in [7, 11) is 0. The summed E-state index contributed by atoms with van der Waals surface area (Å²) in [6.07, 6.45) is 5.23. The summed E-state index contributed by atoms with van der Waals surface area (Å²) in [4.78, 5) is 12.5. The fourth-order valence-corrected chi connectivity index (χ4v) is 2.97. The molecule has 0 fully saturated rings. The number of carbonyl (C=O) groups is 1. The van der Waals surface area contributed by atoms with Gasteiger partial charge >= 0.3 is 0 Å². The molecule has 1 aliphatic carbocycles. The average Bonchev–Trinajstić information content (AvgIpc) is 3.07. The minimum Gasteiger partial charge on any atom is -0.267 e. The monoisotopic (exact) mass is 292 g/mol. The number of fused-ring (bicyclic) bond motifs is 1. The average molecular weight is 292 g/mol. The summed E-state index contributed by atoms with van der Waals surface area (Å²) in [6.45, 7) is 8.08. The Morgan fingerprint density at radius 2 is 2.05 bits per heavy atom. The summed E-state index contributed by atoms with van der Waals surface area (Å²) in [5.74, 6) is 0.347. The molecular weight excluding hydrogens is 272 g/mol. The fraction of sp³-hybridized carbons (Fsp3) is 0.263. The van der Waals surface area contributed by atoms with E-state index in [0.29, 0.717) is 5.92 Å². The van der Waals surface area contributed by atoms with Gasteiger partial charge in [0.25, 0.3) is 5.91 Å². The molecule has 1 atom stereocenters. The van der Waals surface area contributed by atoms with Crippen molar-refractivity contribution in [1.82, 2.24) is 9.78 Å². The molecule has 3 nitrogen and oxygen atoms in total. The highest BCUT2D eigenvalue weighted by Crippen LogP contribution is 2.32. The second kappa shape index (κ2) is 5.76. The van der Waals surface area contributed by atoms with Crippen LogP contribution in [-0.2, 0) is 12.8 Å². The summed E-state index contributed by atoms with van der Waals surface area (Å²) in [5.41, 5.74) is 5.41. The van der Waals surface area contributed by atoms with Gasteiger partial charge < -0.3 is 0 Å². The zero-order valence-electron chi connectivity index (χ0n) is 13.0. The summed E-state index contributed by atoms with van der Waals surface area (Å²) in [6, 6.07) is 9.81. The molecule has 0 bridgehead atoms. The van der Waals surface area contributed by atoms with E-state index in [2.05, 4.69) is 18.6 Å². The number of benzene rings is 1. The lowest BCUT2D eigenvalue weighted by Crippen LogP contribution is -2.14. The Morgan fingerprint density at radius 3 is 2.73 bits per heavy atom. The van der Waals surface area contributed by atoms with E-state index in [-0.39, 0.29) is 5.91 Å². The van der Waals surface area contributed by atoms with Crippen LogP contribution in [0, 0.1) is 12.8 Å². The van der Waals surface area contributed by atoms with Crippen LogP contribution in [0.3, 0.4) is 0 Å². The second-order valence-corrected chi connectivity index (χ2v) is 5.96. The van der Waals surface area contributed by atoms with Crippen molar-refractivity contribution in [3.63, 3.8) is 0 Å². The number of aryl methyl sites for hydroxylation is 1. The standard InChI is InChI=1S/C19H20N2O/c1-13(2)16-11-17-14(3)20-21(18(17)12-16)19(22)10-9-15-7-5-4-6-8-15/h4-10,16H,1,11-12H2,2-3H3/b10-9+. The Morgan fingerprint density at radius 1 is 1.32 bits per heavy atom. The van der Waals surface area contributed by atoms with E-state index in [0.717, 1.165) is 29.8 Å². The van der Waals surface area contributed by atoms with Crippen LogP contribution < -0.4 is 0 Å². The van der Waals surface area contributed by atoms with Gasteiger partial charge in [0.05, 0.1) is 11.4 Å². The molecule has 112 valence electrons. The molecule has 0 aliphatic heterocycles. The quantitative estimate of drug-likeness (QED) is 0.636. The van der Waals surface area contributed by atoms with E-state index in [1.54, 1.807) is 10.8 Å². The maximum absolute atomic E-state index is 12.5. The molecule has 22 heavy (non-hydrogen) atoms. The molecular formula is C19H20N2O. The Hall–Kier alpha value is -2.42. The largest absolute Gasteiger partial charge is 0.271 e. The van der Waals surface area contributed by atoms with Crippen LogP contribution in [-0.4, -0.2) is 15.7 Å². The zero-order valence-corrected chi connectivity index (χ0v) is 13.0. The van der Waals surface area contributed by atoms with Gasteiger partial charge in [-0.05, 0) is 49.8 Å². The number of hydrogen-bond acceptors (Lipinski definition) is 2. The lowest BCUT2D eigenvalue weighted by atomic mass is 9.99. The maximum atomic E-state index is 12.5. The normalized spacial score (nSPS) is 16.9. The third kappa shape index (κ3) is 2.67. The van der Waals surface area contributed by atoms with Gasteiger partial charge in [0.2, 0.25) is 0 Å². The van der Waals surface area contributed by atoms with Crippen molar-refractivity contribution in [3.8, 4) is 0 Å². The first-order chi connectivity index (χ1) is 10.6. The molecule has 0 saturated heterocycles. The molecule has 0 N–H and O–H groups in total. The molecule has 1 heterocycles. The van der Waals surface area contributed by atoms with E-state index < -0.39 is 0 Å². The van der Waals surface area contributed by atoms with Crippen LogP contribution in [0.1, 0.15) is 34.2 Å². The molecule has 0 amide bonds. The van der Waals surface area contributed by atoms with Crippen molar-refractivity contribution < 1.29 is 4.79 Å². The van der Waals surface area contributed by atoms with Gasteiger partial charge in [-0.25, -0.2) is 4.68 Å². The molecule has 1 aliphatic rings. The molecule has 2 aromatic rings. The van der Waals surface area contributed by atoms with Crippen LogP contribution in [0.2, 0.25) is 0 Å². The van der Waals surface area contributed by atoms with Crippen LogP contribution in [0.25, 0.3) is 6.08 Å². The van der Waals surface area contributed by atoms with Crippen molar-refractivity contribution in [3.05, 3.63) is 71.1 Å². The van der Waals surface area contributed by atoms with Crippen LogP contribution in [0.15, 0.2) is 48.6 Å². The summed E-state index contributed by atoms with van der Waals surface area (Å²) >= 11 is 0. The van der Waals surface area contributed by atoms with Gasteiger partial charge in [-0.1, -0.05) is 42.5 Å². The Kier molecular flexibility index (Phi) is 3.80. The summed E-state index contributed by atoms with van der Waals surface area (Å²) < 4.78 is 1.56. The number of hydrogen-bond donors (Lipinski definition) is 0. The lowest BCUT2D eigenvalue weighted by molar-refractivity contribution is 0.0951. The molecule has 0 saturated carbocycles. The highest BCUT2D eigenvalue weighted by Gasteiger charge is 2.29.